The number of aromatic nitrogens is 3. The predicted octanol–water partition coefficient (Wildman–Crippen LogP) is 2.91. The summed E-state index contributed by atoms with van der Waals surface area (Å²) in [5, 5.41) is 20.1. The predicted molar refractivity (Wildman–Crippen MR) is 100 cm³/mol. The number of rotatable bonds is 9. The molecule has 0 bridgehead atoms. The van der Waals surface area contributed by atoms with Crippen molar-refractivity contribution in [1.29, 1.82) is 0 Å². The maximum absolute atomic E-state index is 12.1. The summed E-state index contributed by atoms with van der Waals surface area (Å²) in [5.74, 6) is -0.0746. The molecule has 1 amide bonds. The third kappa shape index (κ3) is 6.43. The number of thioether (sulfide) groups is 2. The molecule has 0 atom stereocenters. The summed E-state index contributed by atoms with van der Waals surface area (Å²) in [7, 11) is 0. The van der Waals surface area contributed by atoms with Gasteiger partial charge in [0.1, 0.15) is 6.33 Å². The Morgan fingerprint density at radius 2 is 2.12 bits per heavy atom. The summed E-state index contributed by atoms with van der Waals surface area (Å²) >= 11 is 2.66. The van der Waals surface area contributed by atoms with E-state index >= 15 is 0 Å². The van der Waals surface area contributed by atoms with Crippen LogP contribution in [0.15, 0.2) is 35.7 Å². The highest BCUT2D eigenvalue weighted by molar-refractivity contribution is 7.99. The van der Waals surface area contributed by atoms with Gasteiger partial charge in [0.2, 0.25) is 5.91 Å². The van der Waals surface area contributed by atoms with Crippen molar-refractivity contribution in [3.8, 4) is 0 Å². The number of hydrogen-bond acceptors (Lipinski definition) is 6. The molecule has 25 heavy (non-hydrogen) atoms. The third-order valence-electron chi connectivity index (χ3n) is 3.13. The molecule has 1 aromatic heterocycles. The van der Waals surface area contributed by atoms with Crippen LogP contribution in [0.2, 0.25) is 0 Å². The first-order chi connectivity index (χ1) is 12.0. The number of carboxylic acids is 1. The molecule has 2 N–H and O–H groups in total. The summed E-state index contributed by atoms with van der Waals surface area (Å²) < 4.78 is 1.91. The van der Waals surface area contributed by atoms with E-state index in [4.69, 9.17) is 5.11 Å². The third-order valence-corrected chi connectivity index (χ3v) is 5.08. The lowest BCUT2D eigenvalue weighted by molar-refractivity contribution is -0.133. The molecule has 0 aliphatic carbocycles. The number of nitrogens with one attached hydrogen (secondary N) is 1. The topological polar surface area (TPSA) is 97.1 Å². The summed E-state index contributed by atoms with van der Waals surface area (Å²) in [4.78, 5) is 22.7. The van der Waals surface area contributed by atoms with Gasteiger partial charge in [-0.05, 0) is 31.5 Å². The summed E-state index contributed by atoms with van der Waals surface area (Å²) in [5.41, 5.74) is 1.67. The van der Waals surface area contributed by atoms with Gasteiger partial charge in [-0.3, -0.25) is 9.59 Å². The molecular weight excluding hydrogens is 360 g/mol. The number of carbonyl (C=O) groups is 2. The lowest BCUT2D eigenvalue weighted by atomic mass is 10.2. The van der Waals surface area contributed by atoms with Gasteiger partial charge in [-0.2, -0.15) is 0 Å². The van der Waals surface area contributed by atoms with Crippen LogP contribution >= 0.6 is 23.5 Å². The first kappa shape index (κ1) is 19.3. The number of hydrogen-bond donors (Lipinski definition) is 2. The lowest BCUT2D eigenvalue weighted by Gasteiger charge is -2.10. The Bertz CT molecular complexity index is 734. The first-order valence-corrected chi connectivity index (χ1v) is 9.80. The van der Waals surface area contributed by atoms with E-state index in [2.05, 4.69) is 15.5 Å². The van der Waals surface area contributed by atoms with E-state index in [0.29, 0.717) is 16.6 Å². The molecule has 0 unspecified atom stereocenters. The number of amides is 1. The molecule has 0 radical (unpaired) electrons. The normalized spacial score (nSPS) is 10.8. The molecule has 0 aliphatic rings. The highest BCUT2D eigenvalue weighted by atomic mass is 32.2. The van der Waals surface area contributed by atoms with Gasteiger partial charge in [0, 0.05) is 17.5 Å². The molecule has 0 saturated carbocycles. The second-order valence-electron chi connectivity index (χ2n) is 5.54. The van der Waals surface area contributed by atoms with Gasteiger partial charge >= 0.3 is 5.97 Å². The molecule has 0 spiro atoms. The van der Waals surface area contributed by atoms with Crippen LogP contribution in [0.4, 0.5) is 5.69 Å². The number of anilines is 1. The van der Waals surface area contributed by atoms with Gasteiger partial charge < -0.3 is 15.0 Å². The Morgan fingerprint density at radius 1 is 1.32 bits per heavy atom. The molecule has 2 aromatic rings. The van der Waals surface area contributed by atoms with E-state index in [0.717, 1.165) is 5.56 Å². The molecule has 7 nitrogen and oxygen atoms in total. The number of aliphatic carboxylic acids is 1. The van der Waals surface area contributed by atoms with Crippen molar-refractivity contribution < 1.29 is 14.7 Å². The number of carbonyl (C=O) groups excluding carboxylic acids is 1. The Balaban J connectivity index is 1.85. The Hall–Kier alpha value is -2.00. The zero-order valence-electron chi connectivity index (χ0n) is 14.0. The monoisotopic (exact) mass is 380 g/mol. The lowest BCUT2D eigenvalue weighted by Crippen LogP contribution is -2.15. The average Bonchev–Trinajstić information content (AvgIpc) is 3.02. The molecule has 134 valence electrons. The smallest absolute Gasteiger partial charge is 0.313 e. The van der Waals surface area contributed by atoms with Gasteiger partial charge in [-0.15, -0.1) is 22.0 Å². The molecule has 0 aliphatic heterocycles. The molecule has 1 heterocycles. The summed E-state index contributed by atoms with van der Waals surface area (Å²) in [6.07, 6.45) is 1.66. The maximum Gasteiger partial charge on any atom is 0.313 e. The Morgan fingerprint density at radius 3 is 2.84 bits per heavy atom. The highest BCUT2D eigenvalue weighted by Gasteiger charge is 2.11. The summed E-state index contributed by atoms with van der Waals surface area (Å²) in [6, 6.07) is 7.65. The van der Waals surface area contributed by atoms with Crippen molar-refractivity contribution >= 4 is 41.1 Å². The minimum atomic E-state index is -0.833. The van der Waals surface area contributed by atoms with Crippen LogP contribution in [0.3, 0.4) is 0 Å². The van der Waals surface area contributed by atoms with E-state index in [9.17, 15) is 9.59 Å². The van der Waals surface area contributed by atoms with Crippen molar-refractivity contribution in [1.82, 2.24) is 14.8 Å². The zero-order chi connectivity index (χ0) is 18.2. The van der Waals surface area contributed by atoms with Crippen molar-refractivity contribution in [3.05, 3.63) is 36.2 Å². The number of carboxylic acid groups (broad SMARTS) is 1. The zero-order valence-corrected chi connectivity index (χ0v) is 15.6. The largest absolute Gasteiger partial charge is 0.481 e. The number of nitrogens with zero attached hydrogens (tertiary/aromatic N) is 3. The van der Waals surface area contributed by atoms with E-state index in [-0.39, 0.29) is 23.5 Å². The molecular formula is C16H20N4O3S2. The van der Waals surface area contributed by atoms with E-state index in [1.54, 1.807) is 6.33 Å². The highest BCUT2D eigenvalue weighted by Crippen LogP contribution is 2.20. The van der Waals surface area contributed by atoms with Crippen molar-refractivity contribution in [3.63, 3.8) is 0 Å². The summed E-state index contributed by atoms with van der Waals surface area (Å²) in [6.45, 7) is 4.06. The van der Waals surface area contributed by atoms with E-state index in [1.165, 1.54) is 23.5 Å². The second kappa shape index (κ2) is 9.47. The average molecular weight is 380 g/mol. The van der Waals surface area contributed by atoms with Crippen molar-refractivity contribution in [2.75, 3.05) is 16.8 Å². The first-order valence-electron chi connectivity index (χ1n) is 7.66. The van der Waals surface area contributed by atoms with Crippen molar-refractivity contribution in [2.24, 2.45) is 0 Å². The van der Waals surface area contributed by atoms with Crippen LogP contribution in [-0.2, 0) is 15.3 Å². The van der Waals surface area contributed by atoms with Crippen LogP contribution in [0, 0.1) is 0 Å². The standard InChI is InChI=1S/C16H20N4O3S2/c1-11(2)20-10-17-19-16(20)25-8-14(21)18-13-5-3-4-12(6-13)7-24-9-15(22)23/h3-6,10-11H,7-9H2,1-2H3,(H,18,21)(H,22,23). The molecule has 0 saturated heterocycles. The molecule has 1 aromatic carbocycles. The minimum absolute atomic E-state index is 0.0593. The fourth-order valence-corrected chi connectivity index (χ4v) is 3.55. The molecule has 2 rings (SSSR count). The maximum atomic E-state index is 12.1. The van der Waals surface area contributed by atoms with Gasteiger partial charge in [-0.25, -0.2) is 0 Å². The van der Waals surface area contributed by atoms with Gasteiger partial charge in [-0.1, -0.05) is 23.9 Å². The van der Waals surface area contributed by atoms with Crippen LogP contribution in [-0.4, -0.2) is 43.3 Å². The SMILES string of the molecule is CC(C)n1cnnc1SCC(=O)Nc1cccc(CSCC(=O)O)c1. The molecule has 0 fully saturated rings. The van der Waals surface area contributed by atoms with E-state index in [1.807, 2.05) is 42.7 Å². The minimum Gasteiger partial charge on any atom is -0.481 e. The van der Waals surface area contributed by atoms with Crippen LogP contribution in [0.5, 0.6) is 0 Å². The Kier molecular flexibility index (Phi) is 7.32. The van der Waals surface area contributed by atoms with Crippen molar-refractivity contribution in [2.45, 2.75) is 30.8 Å². The second-order valence-corrected chi connectivity index (χ2v) is 7.47. The molecule has 9 heteroatoms. The van der Waals surface area contributed by atoms with Gasteiger partial charge in [0.15, 0.2) is 5.16 Å². The fraction of sp³-hybridized carbons (Fsp3) is 0.375. The van der Waals surface area contributed by atoms with Crippen LogP contribution < -0.4 is 5.32 Å². The number of benzene rings is 1. The van der Waals surface area contributed by atoms with Gasteiger partial charge in [0.05, 0.1) is 11.5 Å². The fourth-order valence-electron chi connectivity index (χ4n) is 2.01. The van der Waals surface area contributed by atoms with Gasteiger partial charge in [0.25, 0.3) is 0 Å². The quantitative estimate of drug-likeness (QED) is 0.646. The van der Waals surface area contributed by atoms with E-state index < -0.39 is 5.97 Å². The Labute approximate surface area is 154 Å². The van der Waals surface area contributed by atoms with Crippen LogP contribution in [0.25, 0.3) is 0 Å². The van der Waals surface area contributed by atoms with Crippen LogP contribution in [0.1, 0.15) is 25.5 Å².